The standard InChI is InChI=1S/C17H25N3O2/c1-4-18-17(20-13(2)12-21-3)19-10-9-15-11-14-7-5-6-8-16(14)22-15/h5-8,11,13H,4,9-10,12H2,1-3H3,(H2,18,19,20). The molecule has 22 heavy (non-hydrogen) atoms. The van der Waals surface area contributed by atoms with Gasteiger partial charge >= 0.3 is 0 Å². The molecule has 0 bridgehead atoms. The van der Waals surface area contributed by atoms with Gasteiger partial charge in [0.1, 0.15) is 11.3 Å². The van der Waals surface area contributed by atoms with E-state index < -0.39 is 0 Å². The van der Waals surface area contributed by atoms with Gasteiger partial charge in [-0.05, 0) is 26.0 Å². The highest BCUT2D eigenvalue weighted by molar-refractivity contribution is 5.80. The molecule has 0 radical (unpaired) electrons. The van der Waals surface area contributed by atoms with Crippen molar-refractivity contribution in [1.82, 2.24) is 10.6 Å². The van der Waals surface area contributed by atoms with Gasteiger partial charge in [0.2, 0.25) is 0 Å². The van der Waals surface area contributed by atoms with Crippen LogP contribution >= 0.6 is 0 Å². The fourth-order valence-electron chi connectivity index (χ4n) is 2.28. The lowest BCUT2D eigenvalue weighted by Gasteiger charge is -2.16. The molecule has 120 valence electrons. The summed E-state index contributed by atoms with van der Waals surface area (Å²) in [4.78, 5) is 4.58. The summed E-state index contributed by atoms with van der Waals surface area (Å²) in [6.45, 7) is 6.27. The van der Waals surface area contributed by atoms with Crippen LogP contribution in [0.3, 0.4) is 0 Å². The third kappa shape index (κ3) is 4.77. The first-order valence-electron chi connectivity index (χ1n) is 7.74. The first-order chi connectivity index (χ1) is 10.7. The zero-order valence-corrected chi connectivity index (χ0v) is 13.6. The maximum absolute atomic E-state index is 5.80. The second kappa shape index (κ2) is 8.44. The van der Waals surface area contributed by atoms with E-state index in [-0.39, 0.29) is 6.04 Å². The quantitative estimate of drug-likeness (QED) is 0.610. The molecule has 0 amide bonds. The maximum atomic E-state index is 5.80. The Labute approximate surface area is 131 Å². The van der Waals surface area contributed by atoms with Gasteiger partial charge in [-0.25, -0.2) is 0 Å². The van der Waals surface area contributed by atoms with Crippen LogP contribution in [0.2, 0.25) is 0 Å². The second-order valence-electron chi connectivity index (χ2n) is 5.26. The molecule has 1 heterocycles. The lowest BCUT2D eigenvalue weighted by molar-refractivity contribution is 0.179. The highest BCUT2D eigenvalue weighted by Crippen LogP contribution is 2.18. The number of aliphatic imine (C=N–C) groups is 1. The van der Waals surface area contributed by atoms with Crippen molar-refractivity contribution in [1.29, 1.82) is 0 Å². The number of furan rings is 1. The summed E-state index contributed by atoms with van der Waals surface area (Å²) in [5.74, 6) is 1.77. The van der Waals surface area contributed by atoms with Crippen molar-refractivity contribution in [2.75, 3.05) is 26.8 Å². The molecule has 1 unspecified atom stereocenters. The molecular weight excluding hydrogens is 278 g/mol. The number of benzene rings is 1. The molecule has 5 heteroatoms. The Balaban J connectivity index is 1.92. The van der Waals surface area contributed by atoms with E-state index in [2.05, 4.69) is 41.6 Å². The summed E-state index contributed by atoms with van der Waals surface area (Å²) in [6, 6.07) is 10.3. The number of ether oxygens (including phenoxy) is 1. The maximum Gasteiger partial charge on any atom is 0.191 e. The van der Waals surface area contributed by atoms with Crippen LogP contribution in [0.4, 0.5) is 0 Å². The molecule has 0 fully saturated rings. The number of guanidine groups is 1. The zero-order valence-electron chi connectivity index (χ0n) is 13.6. The normalized spacial score (nSPS) is 13.3. The van der Waals surface area contributed by atoms with Gasteiger partial charge in [0.25, 0.3) is 0 Å². The molecule has 1 aromatic carbocycles. The number of hydrogen-bond donors (Lipinski definition) is 2. The summed E-state index contributed by atoms with van der Waals surface area (Å²) < 4.78 is 10.9. The molecule has 2 aromatic rings. The summed E-state index contributed by atoms with van der Waals surface area (Å²) in [5.41, 5.74) is 0.931. The van der Waals surface area contributed by atoms with Gasteiger partial charge in [-0.15, -0.1) is 0 Å². The van der Waals surface area contributed by atoms with Crippen LogP contribution in [0.15, 0.2) is 39.7 Å². The van der Waals surface area contributed by atoms with E-state index in [9.17, 15) is 0 Å². The Hall–Kier alpha value is -2.01. The second-order valence-corrected chi connectivity index (χ2v) is 5.26. The Morgan fingerprint density at radius 1 is 1.36 bits per heavy atom. The minimum atomic E-state index is 0.217. The molecule has 0 saturated heterocycles. The summed E-state index contributed by atoms with van der Waals surface area (Å²) in [6.07, 6.45) is 0.782. The fourth-order valence-corrected chi connectivity index (χ4v) is 2.28. The first kappa shape index (κ1) is 16.4. The Kier molecular flexibility index (Phi) is 6.27. The van der Waals surface area contributed by atoms with Crippen LogP contribution in [0.5, 0.6) is 0 Å². The highest BCUT2D eigenvalue weighted by atomic mass is 16.5. The summed E-state index contributed by atoms with van der Waals surface area (Å²) in [5, 5.41) is 7.69. The molecule has 0 aliphatic rings. The number of fused-ring (bicyclic) bond motifs is 1. The fraction of sp³-hybridized carbons (Fsp3) is 0.471. The SMILES string of the molecule is CCNC(=NCCc1cc2ccccc2o1)NC(C)COC. The van der Waals surface area contributed by atoms with E-state index in [0.717, 1.165) is 35.7 Å². The number of nitrogens with one attached hydrogen (secondary N) is 2. The van der Waals surface area contributed by atoms with Crippen molar-refractivity contribution < 1.29 is 9.15 Å². The number of methoxy groups -OCH3 is 1. The number of hydrogen-bond acceptors (Lipinski definition) is 3. The number of nitrogens with zero attached hydrogens (tertiary/aromatic N) is 1. The van der Waals surface area contributed by atoms with Crippen molar-refractivity contribution in [2.45, 2.75) is 26.3 Å². The molecule has 2 N–H and O–H groups in total. The van der Waals surface area contributed by atoms with Gasteiger partial charge in [-0.3, -0.25) is 4.99 Å². The van der Waals surface area contributed by atoms with Crippen LogP contribution in [0.25, 0.3) is 11.0 Å². The van der Waals surface area contributed by atoms with Crippen molar-refractivity contribution in [3.05, 3.63) is 36.1 Å². The van der Waals surface area contributed by atoms with Crippen LogP contribution in [0.1, 0.15) is 19.6 Å². The van der Waals surface area contributed by atoms with E-state index in [1.807, 2.05) is 18.2 Å². The van der Waals surface area contributed by atoms with E-state index >= 15 is 0 Å². The van der Waals surface area contributed by atoms with Gasteiger partial charge in [-0.1, -0.05) is 18.2 Å². The monoisotopic (exact) mass is 303 g/mol. The van der Waals surface area contributed by atoms with Crippen LogP contribution in [0, 0.1) is 0 Å². The van der Waals surface area contributed by atoms with Crippen LogP contribution < -0.4 is 10.6 Å². The summed E-state index contributed by atoms with van der Waals surface area (Å²) >= 11 is 0. The average molecular weight is 303 g/mol. The predicted octanol–water partition coefficient (Wildman–Crippen LogP) is 2.57. The lowest BCUT2D eigenvalue weighted by Crippen LogP contribution is -2.44. The molecule has 1 aromatic heterocycles. The van der Waals surface area contributed by atoms with Gasteiger partial charge in [-0.2, -0.15) is 0 Å². The van der Waals surface area contributed by atoms with Gasteiger partial charge < -0.3 is 19.8 Å². The van der Waals surface area contributed by atoms with Crippen molar-refractivity contribution >= 4 is 16.9 Å². The van der Waals surface area contributed by atoms with Crippen LogP contribution in [-0.4, -0.2) is 38.8 Å². The minimum Gasteiger partial charge on any atom is -0.461 e. The van der Waals surface area contributed by atoms with Gasteiger partial charge in [0, 0.05) is 38.0 Å². The van der Waals surface area contributed by atoms with Crippen molar-refractivity contribution in [3.63, 3.8) is 0 Å². The van der Waals surface area contributed by atoms with E-state index in [0.29, 0.717) is 13.2 Å². The topological polar surface area (TPSA) is 58.8 Å². The van der Waals surface area contributed by atoms with Crippen molar-refractivity contribution in [2.24, 2.45) is 4.99 Å². The third-order valence-electron chi connectivity index (χ3n) is 3.25. The first-order valence-corrected chi connectivity index (χ1v) is 7.74. The lowest BCUT2D eigenvalue weighted by atomic mass is 10.2. The summed E-state index contributed by atoms with van der Waals surface area (Å²) in [7, 11) is 1.70. The van der Waals surface area contributed by atoms with E-state index in [1.54, 1.807) is 7.11 Å². The van der Waals surface area contributed by atoms with Crippen LogP contribution in [-0.2, 0) is 11.2 Å². The molecule has 0 aliphatic carbocycles. The number of rotatable bonds is 7. The zero-order chi connectivity index (χ0) is 15.8. The minimum absolute atomic E-state index is 0.217. The Bertz CT molecular complexity index is 574. The Morgan fingerprint density at radius 3 is 2.91 bits per heavy atom. The van der Waals surface area contributed by atoms with Gasteiger partial charge in [0.05, 0.1) is 6.61 Å². The third-order valence-corrected chi connectivity index (χ3v) is 3.25. The molecule has 0 spiro atoms. The predicted molar refractivity (Wildman–Crippen MR) is 90.4 cm³/mol. The Morgan fingerprint density at radius 2 is 2.18 bits per heavy atom. The molecule has 5 nitrogen and oxygen atoms in total. The molecular formula is C17H25N3O2. The smallest absolute Gasteiger partial charge is 0.191 e. The molecule has 1 atom stereocenters. The highest BCUT2D eigenvalue weighted by Gasteiger charge is 2.05. The van der Waals surface area contributed by atoms with E-state index in [1.165, 1.54) is 0 Å². The number of para-hydroxylation sites is 1. The van der Waals surface area contributed by atoms with Crippen molar-refractivity contribution in [3.8, 4) is 0 Å². The largest absolute Gasteiger partial charge is 0.461 e. The molecule has 0 aliphatic heterocycles. The van der Waals surface area contributed by atoms with E-state index in [4.69, 9.17) is 9.15 Å². The van der Waals surface area contributed by atoms with Gasteiger partial charge in [0.15, 0.2) is 5.96 Å². The molecule has 0 saturated carbocycles. The molecule has 2 rings (SSSR count). The average Bonchev–Trinajstić information content (AvgIpc) is 2.90.